The first kappa shape index (κ1) is 16.9. The van der Waals surface area contributed by atoms with E-state index in [9.17, 15) is 13.2 Å². The first-order valence-electron chi connectivity index (χ1n) is 6.81. The van der Waals surface area contributed by atoms with Gasteiger partial charge in [0.1, 0.15) is 11.5 Å². The van der Waals surface area contributed by atoms with Crippen molar-refractivity contribution in [2.45, 2.75) is 17.7 Å². The summed E-state index contributed by atoms with van der Waals surface area (Å²) >= 11 is 5.56. The molecular formula is C14H17ClN2O4S. The number of aromatic nitrogens is 1. The van der Waals surface area contributed by atoms with Crippen molar-refractivity contribution in [2.24, 2.45) is 5.92 Å². The van der Waals surface area contributed by atoms with Crippen molar-refractivity contribution in [1.29, 1.82) is 0 Å². The Labute approximate surface area is 134 Å². The Morgan fingerprint density at radius 1 is 1.55 bits per heavy atom. The van der Waals surface area contributed by atoms with Gasteiger partial charge in [-0.2, -0.15) is 4.31 Å². The van der Waals surface area contributed by atoms with Gasteiger partial charge in [0.05, 0.1) is 5.92 Å². The molecular weight excluding hydrogens is 328 g/mol. The number of piperidine rings is 1. The highest BCUT2D eigenvalue weighted by Crippen LogP contribution is 2.24. The van der Waals surface area contributed by atoms with Crippen molar-refractivity contribution >= 4 is 27.6 Å². The zero-order chi connectivity index (χ0) is 16.2. The molecule has 0 radical (unpaired) electrons. The third kappa shape index (κ3) is 4.06. The molecule has 0 aliphatic carbocycles. The highest BCUT2D eigenvalue weighted by Gasteiger charge is 2.34. The Morgan fingerprint density at radius 2 is 2.32 bits per heavy atom. The predicted octanol–water partition coefficient (Wildman–Crippen LogP) is 1.78. The Balaban J connectivity index is 2.07. The van der Waals surface area contributed by atoms with E-state index in [1.807, 2.05) is 0 Å². The summed E-state index contributed by atoms with van der Waals surface area (Å²) in [5.41, 5.74) is 0. The van der Waals surface area contributed by atoms with Gasteiger partial charge in [-0.3, -0.25) is 9.78 Å². The van der Waals surface area contributed by atoms with Crippen molar-refractivity contribution in [1.82, 2.24) is 9.29 Å². The molecule has 0 unspecified atom stereocenters. The lowest BCUT2D eigenvalue weighted by atomic mass is 10.0. The highest BCUT2D eigenvalue weighted by molar-refractivity contribution is 7.89. The minimum atomic E-state index is -3.64. The van der Waals surface area contributed by atoms with Gasteiger partial charge in [-0.15, -0.1) is 0 Å². The van der Waals surface area contributed by atoms with Gasteiger partial charge >= 0.3 is 5.97 Å². The number of rotatable bonds is 5. The highest BCUT2D eigenvalue weighted by atomic mass is 35.5. The van der Waals surface area contributed by atoms with Crippen LogP contribution in [0.4, 0.5) is 0 Å². The number of hydrogen-bond donors (Lipinski definition) is 0. The van der Waals surface area contributed by atoms with Gasteiger partial charge in [0, 0.05) is 30.5 Å². The molecule has 0 spiro atoms. The second kappa shape index (κ2) is 7.21. The fourth-order valence-corrected chi connectivity index (χ4v) is 3.81. The van der Waals surface area contributed by atoms with Crippen LogP contribution in [-0.4, -0.2) is 43.4 Å². The predicted molar refractivity (Wildman–Crippen MR) is 81.7 cm³/mol. The molecule has 1 atom stereocenters. The number of pyridine rings is 1. The van der Waals surface area contributed by atoms with E-state index in [0.717, 1.165) is 0 Å². The summed E-state index contributed by atoms with van der Waals surface area (Å²) < 4.78 is 31.3. The monoisotopic (exact) mass is 344 g/mol. The van der Waals surface area contributed by atoms with E-state index < -0.39 is 21.9 Å². The van der Waals surface area contributed by atoms with Crippen LogP contribution >= 0.6 is 11.6 Å². The molecule has 0 aromatic carbocycles. The first-order valence-corrected chi connectivity index (χ1v) is 8.63. The summed E-state index contributed by atoms with van der Waals surface area (Å²) in [6.07, 6.45) is 4.00. The summed E-state index contributed by atoms with van der Waals surface area (Å²) in [5, 5.41) is 0.226. The SMILES string of the molecule is C=C(Cl)COC(=O)[C@H]1CCCN(S(=O)(=O)c2cccnc2)C1. The minimum Gasteiger partial charge on any atom is -0.460 e. The van der Waals surface area contributed by atoms with Crippen LogP contribution < -0.4 is 0 Å². The van der Waals surface area contributed by atoms with Crippen LogP contribution in [0.15, 0.2) is 41.0 Å². The van der Waals surface area contributed by atoms with Crippen molar-refractivity contribution in [2.75, 3.05) is 19.7 Å². The Bertz CT molecular complexity index is 648. The number of ether oxygens (including phenoxy) is 1. The third-order valence-corrected chi connectivity index (χ3v) is 5.32. The number of sulfonamides is 1. The minimum absolute atomic E-state index is 0.0632. The van der Waals surface area contributed by atoms with Crippen LogP contribution in [0.25, 0.3) is 0 Å². The van der Waals surface area contributed by atoms with Gasteiger partial charge in [0.2, 0.25) is 10.0 Å². The van der Waals surface area contributed by atoms with Crippen LogP contribution in [0.3, 0.4) is 0 Å². The average Bonchev–Trinajstić information content (AvgIpc) is 2.53. The van der Waals surface area contributed by atoms with Crippen molar-refractivity contribution < 1.29 is 17.9 Å². The molecule has 0 saturated carbocycles. The number of carbonyl (C=O) groups excluding carboxylic acids is 1. The van der Waals surface area contributed by atoms with Gasteiger partial charge in [-0.25, -0.2) is 8.42 Å². The molecule has 1 aromatic heterocycles. The smallest absolute Gasteiger partial charge is 0.310 e. The second-order valence-electron chi connectivity index (χ2n) is 5.02. The van der Waals surface area contributed by atoms with Crippen LogP contribution in [0, 0.1) is 5.92 Å². The molecule has 8 heteroatoms. The maximum Gasteiger partial charge on any atom is 0.310 e. The molecule has 1 aromatic rings. The van der Waals surface area contributed by atoms with E-state index in [1.54, 1.807) is 6.07 Å². The van der Waals surface area contributed by atoms with Gasteiger partial charge in [0.25, 0.3) is 0 Å². The van der Waals surface area contributed by atoms with Crippen molar-refractivity contribution in [3.05, 3.63) is 36.1 Å². The molecule has 22 heavy (non-hydrogen) atoms. The molecule has 2 heterocycles. The zero-order valence-electron chi connectivity index (χ0n) is 11.9. The molecule has 120 valence electrons. The van der Waals surface area contributed by atoms with Crippen LogP contribution in [0.1, 0.15) is 12.8 Å². The first-order chi connectivity index (χ1) is 10.4. The molecule has 6 nitrogen and oxygen atoms in total. The van der Waals surface area contributed by atoms with Gasteiger partial charge in [-0.05, 0) is 25.0 Å². The summed E-state index contributed by atoms with van der Waals surface area (Å²) in [6, 6.07) is 3.05. The van der Waals surface area contributed by atoms with Crippen molar-refractivity contribution in [3.63, 3.8) is 0 Å². The van der Waals surface area contributed by atoms with E-state index in [0.29, 0.717) is 19.4 Å². The molecule has 2 rings (SSSR count). The zero-order valence-corrected chi connectivity index (χ0v) is 13.5. The average molecular weight is 345 g/mol. The fraction of sp³-hybridized carbons (Fsp3) is 0.429. The summed E-state index contributed by atoms with van der Waals surface area (Å²) in [5.74, 6) is -0.941. The second-order valence-corrected chi connectivity index (χ2v) is 7.49. The fourth-order valence-electron chi connectivity index (χ4n) is 2.27. The molecule has 0 N–H and O–H groups in total. The van der Waals surface area contributed by atoms with E-state index in [4.69, 9.17) is 16.3 Å². The number of esters is 1. The quantitative estimate of drug-likeness (QED) is 0.761. The Kier molecular flexibility index (Phi) is 5.55. The molecule has 1 aliphatic heterocycles. The third-order valence-electron chi connectivity index (χ3n) is 3.36. The van der Waals surface area contributed by atoms with Gasteiger partial charge < -0.3 is 4.74 Å². The molecule has 0 amide bonds. The molecule has 1 fully saturated rings. The maximum absolute atomic E-state index is 12.5. The summed E-state index contributed by atoms with van der Waals surface area (Å²) in [7, 11) is -3.64. The normalized spacial score (nSPS) is 19.6. The van der Waals surface area contributed by atoms with Crippen LogP contribution in [-0.2, 0) is 19.6 Å². The number of hydrogen-bond acceptors (Lipinski definition) is 5. The van der Waals surface area contributed by atoms with Crippen LogP contribution in [0.5, 0.6) is 0 Å². The Hall–Kier alpha value is -1.44. The van der Waals surface area contributed by atoms with E-state index in [1.165, 1.54) is 22.8 Å². The Morgan fingerprint density at radius 3 is 2.95 bits per heavy atom. The van der Waals surface area contributed by atoms with E-state index >= 15 is 0 Å². The summed E-state index contributed by atoms with van der Waals surface area (Å²) in [4.78, 5) is 15.9. The number of halogens is 1. The molecule has 1 saturated heterocycles. The molecule has 1 aliphatic rings. The van der Waals surface area contributed by atoms with Crippen molar-refractivity contribution in [3.8, 4) is 0 Å². The number of carbonyl (C=O) groups is 1. The largest absolute Gasteiger partial charge is 0.460 e. The van der Waals surface area contributed by atoms with Crippen LogP contribution in [0.2, 0.25) is 0 Å². The van der Waals surface area contributed by atoms with E-state index in [2.05, 4.69) is 11.6 Å². The number of nitrogens with zero attached hydrogens (tertiary/aromatic N) is 2. The lowest BCUT2D eigenvalue weighted by Crippen LogP contribution is -2.42. The van der Waals surface area contributed by atoms with Gasteiger partial charge in [-0.1, -0.05) is 18.2 Å². The van der Waals surface area contributed by atoms with E-state index in [-0.39, 0.29) is 23.1 Å². The lowest BCUT2D eigenvalue weighted by molar-refractivity contribution is -0.148. The topological polar surface area (TPSA) is 76.6 Å². The lowest BCUT2D eigenvalue weighted by Gasteiger charge is -2.30. The van der Waals surface area contributed by atoms with Gasteiger partial charge in [0.15, 0.2) is 0 Å². The molecule has 0 bridgehead atoms. The summed E-state index contributed by atoms with van der Waals surface area (Å²) in [6.45, 7) is 3.86. The maximum atomic E-state index is 12.5. The standard InChI is InChI=1S/C14H17ClN2O4S/c1-11(15)10-21-14(18)12-4-3-7-17(9-12)22(19,20)13-5-2-6-16-8-13/h2,5-6,8,12H,1,3-4,7,9-10H2/t12-/m0/s1.